The summed E-state index contributed by atoms with van der Waals surface area (Å²) in [7, 11) is 0. The molecule has 1 fully saturated rings. The Balaban J connectivity index is 1.17. The maximum Gasteiger partial charge on any atom is 0.243 e. The van der Waals surface area contributed by atoms with Crippen LogP contribution in [0, 0.1) is 0 Å². The Morgan fingerprint density at radius 1 is 0.667 bits per heavy atom. The Morgan fingerprint density at radius 3 is 1.89 bits per heavy atom. The summed E-state index contributed by atoms with van der Waals surface area (Å²) in [6.45, 7) is 2.65. The van der Waals surface area contributed by atoms with Gasteiger partial charge in [-0.25, -0.2) is 5.48 Å². The van der Waals surface area contributed by atoms with Gasteiger partial charge in [0.2, 0.25) is 11.8 Å². The number of benzene rings is 5. The van der Waals surface area contributed by atoms with Gasteiger partial charge in [0.15, 0.2) is 6.29 Å². The summed E-state index contributed by atoms with van der Waals surface area (Å²) in [5.74, 6) is -0.535. The highest BCUT2D eigenvalue weighted by molar-refractivity contribution is 5.77. The van der Waals surface area contributed by atoms with E-state index >= 15 is 0 Å². The SMILES string of the molecule is O=C(CCCCC(=O)NCc1ccccc1-c1ccc([C@H]2O[C@@H](CN(Cc3ccccc3)Cc3ccccc3)C[C@@H](c3ccc(CO)cc3)O2)cc1)NO. The molecule has 0 aliphatic carbocycles. The van der Waals surface area contributed by atoms with Gasteiger partial charge in [-0.15, -0.1) is 0 Å². The maximum atomic E-state index is 12.5. The lowest BCUT2D eigenvalue weighted by Crippen LogP contribution is -2.39. The number of unbranched alkanes of at least 4 members (excludes halogenated alkanes) is 1. The third-order valence-electron chi connectivity index (χ3n) is 9.74. The fourth-order valence-electron chi connectivity index (χ4n) is 6.87. The largest absolute Gasteiger partial charge is 0.392 e. The number of hydroxylamine groups is 1. The zero-order chi connectivity index (χ0) is 37.5. The van der Waals surface area contributed by atoms with Crippen molar-refractivity contribution in [3.05, 3.63) is 167 Å². The first kappa shape index (κ1) is 38.6. The molecule has 5 aromatic rings. The van der Waals surface area contributed by atoms with Crippen LogP contribution in [0.25, 0.3) is 11.1 Å². The Labute approximate surface area is 317 Å². The number of carbonyl (C=O) groups excluding carboxylic acids is 2. The molecule has 2 amide bonds. The summed E-state index contributed by atoms with van der Waals surface area (Å²) in [4.78, 5) is 26.2. The van der Waals surface area contributed by atoms with E-state index in [1.165, 1.54) is 11.1 Å². The van der Waals surface area contributed by atoms with Gasteiger partial charge >= 0.3 is 0 Å². The van der Waals surface area contributed by atoms with E-state index in [2.05, 4.69) is 83.0 Å². The van der Waals surface area contributed by atoms with Crippen molar-refractivity contribution in [1.29, 1.82) is 0 Å². The molecule has 1 aliphatic rings. The summed E-state index contributed by atoms with van der Waals surface area (Å²) >= 11 is 0. The second kappa shape index (κ2) is 19.8. The minimum absolute atomic E-state index is 0.0106. The average molecular weight is 728 g/mol. The number of aliphatic hydroxyl groups is 1. The maximum absolute atomic E-state index is 12.5. The normalized spacial score (nSPS) is 16.9. The summed E-state index contributed by atoms with van der Waals surface area (Å²) in [5, 5.41) is 21.3. The number of aliphatic hydroxyl groups excluding tert-OH is 1. The lowest BCUT2D eigenvalue weighted by atomic mass is 9.97. The van der Waals surface area contributed by atoms with Crippen molar-refractivity contribution in [3.63, 3.8) is 0 Å². The summed E-state index contributed by atoms with van der Waals surface area (Å²) in [6, 6.07) is 45.3. The Kier molecular flexibility index (Phi) is 14.1. The smallest absolute Gasteiger partial charge is 0.243 e. The monoisotopic (exact) mass is 727 g/mol. The molecule has 3 atom stereocenters. The highest BCUT2D eigenvalue weighted by Gasteiger charge is 2.33. The van der Waals surface area contributed by atoms with Crippen LogP contribution in [0.15, 0.2) is 133 Å². The number of nitrogens with zero attached hydrogens (tertiary/aromatic N) is 1. The second-order valence-electron chi connectivity index (χ2n) is 13.8. The van der Waals surface area contributed by atoms with Crippen LogP contribution in [-0.4, -0.2) is 39.7 Å². The van der Waals surface area contributed by atoms with E-state index in [4.69, 9.17) is 14.7 Å². The number of rotatable bonds is 17. The van der Waals surface area contributed by atoms with Gasteiger partial charge in [0, 0.05) is 51.0 Å². The Hall–Kier alpha value is -5.16. The zero-order valence-electron chi connectivity index (χ0n) is 30.5. The molecule has 0 radical (unpaired) electrons. The first-order valence-electron chi connectivity index (χ1n) is 18.7. The average Bonchev–Trinajstić information content (AvgIpc) is 3.22. The molecule has 5 aromatic carbocycles. The van der Waals surface area contributed by atoms with Gasteiger partial charge < -0.3 is 19.9 Å². The second-order valence-corrected chi connectivity index (χ2v) is 13.8. The van der Waals surface area contributed by atoms with Gasteiger partial charge in [-0.3, -0.25) is 19.7 Å². The molecule has 0 saturated carbocycles. The van der Waals surface area contributed by atoms with Gasteiger partial charge in [-0.1, -0.05) is 133 Å². The van der Waals surface area contributed by atoms with Crippen molar-refractivity contribution in [2.75, 3.05) is 6.54 Å². The quantitative estimate of drug-likeness (QED) is 0.0439. The molecule has 0 spiro atoms. The molecule has 1 saturated heterocycles. The van der Waals surface area contributed by atoms with Crippen molar-refractivity contribution in [2.24, 2.45) is 0 Å². The number of carbonyl (C=O) groups is 2. The number of hydrogen-bond donors (Lipinski definition) is 4. The molecule has 0 unspecified atom stereocenters. The van der Waals surface area contributed by atoms with E-state index < -0.39 is 12.2 Å². The highest BCUT2D eigenvalue weighted by Crippen LogP contribution is 2.39. The van der Waals surface area contributed by atoms with E-state index in [1.54, 1.807) is 5.48 Å². The Morgan fingerprint density at radius 2 is 1.26 bits per heavy atom. The van der Waals surface area contributed by atoms with Crippen molar-refractivity contribution in [3.8, 4) is 11.1 Å². The lowest BCUT2D eigenvalue weighted by Gasteiger charge is -2.38. The van der Waals surface area contributed by atoms with Crippen LogP contribution in [0.2, 0.25) is 0 Å². The fraction of sp³-hybridized carbons (Fsp3) is 0.289. The third-order valence-corrected chi connectivity index (χ3v) is 9.74. The molecule has 9 nitrogen and oxygen atoms in total. The summed E-state index contributed by atoms with van der Waals surface area (Å²) in [6.07, 6.45) is 1.34. The number of amides is 2. The molecule has 280 valence electrons. The minimum Gasteiger partial charge on any atom is -0.392 e. The third kappa shape index (κ3) is 11.2. The predicted molar refractivity (Wildman–Crippen MR) is 208 cm³/mol. The lowest BCUT2D eigenvalue weighted by molar-refractivity contribution is -0.253. The summed E-state index contributed by atoms with van der Waals surface area (Å²) < 4.78 is 13.5. The highest BCUT2D eigenvalue weighted by atomic mass is 16.7. The van der Waals surface area contributed by atoms with Gasteiger partial charge in [0.1, 0.15) is 0 Å². The topological polar surface area (TPSA) is 120 Å². The molecule has 0 bridgehead atoms. The van der Waals surface area contributed by atoms with Crippen LogP contribution in [0.5, 0.6) is 0 Å². The molecule has 0 aromatic heterocycles. The van der Waals surface area contributed by atoms with Crippen molar-refractivity contribution in [2.45, 2.75) is 76.8 Å². The van der Waals surface area contributed by atoms with Gasteiger partial charge in [-0.2, -0.15) is 0 Å². The van der Waals surface area contributed by atoms with E-state index in [0.717, 1.165) is 46.5 Å². The van der Waals surface area contributed by atoms with Crippen LogP contribution < -0.4 is 10.8 Å². The van der Waals surface area contributed by atoms with Crippen molar-refractivity contribution >= 4 is 11.8 Å². The van der Waals surface area contributed by atoms with Gasteiger partial charge in [-0.05, 0) is 51.8 Å². The van der Waals surface area contributed by atoms with E-state index in [-0.39, 0.29) is 31.1 Å². The van der Waals surface area contributed by atoms with Crippen LogP contribution in [0.1, 0.15) is 77.9 Å². The van der Waals surface area contributed by atoms with Gasteiger partial charge in [0.05, 0.1) is 18.8 Å². The molecule has 54 heavy (non-hydrogen) atoms. The molecule has 4 N–H and O–H groups in total. The van der Waals surface area contributed by atoms with Gasteiger partial charge in [0.25, 0.3) is 0 Å². The van der Waals surface area contributed by atoms with Crippen LogP contribution in [0.3, 0.4) is 0 Å². The van der Waals surface area contributed by atoms with Crippen molar-refractivity contribution in [1.82, 2.24) is 15.7 Å². The predicted octanol–water partition coefficient (Wildman–Crippen LogP) is 7.78. The molecule has 1 heterocycles. The number of nitrogens with one attached hydrogen (secondary N) is 2. The first-order valence-corrected chi connectivity index (χ1v) is 18.7. The van der Waals surface area contributed by atoms with E-state index in [0.29, 0.717) is 38.8 Å². The molecule has 6 rings (SSSR count). The molecular weight excluding hydrogens is 679 g/mol. The number of ether oxygens (including phenoxy) is 2. The fourth-order valence-corrected chi connectivity index (χ4v) is 6.87. The summed E-state index contributed by atoms with van der Waals surface area (Å²) in [5.41, 5.74) is 9.95. The number of hydrogen-bond acceptors (Lipinski definition) is 7. The molecule has 1 aliphatic heterocycles. The van der Waals surface area contributed by atoms with Crippen LogP contribution in [-0.2, 0) is 45.3 Å². The molecular formula is C45H49N3O6. The van der Waals surface area contributed by atoms with Crippen LogP contribution in [0.4, 0.5) is 0 Å². The minimum atomic E-state index is -0.589. The van der Waals surface area contributed by atoms with E-state index in [1.807, 2.05) is 60.7 Å². The standard InChI is InChI=1S/C45H49N3O6/c49-32-35-19-21-37(22-20-35)42-27-40(31-48(29-33-11-3-1-4-12-33)30-34-13-5-2-6-14-34)53-45(54-42)38-25-23-36(24-26-38)41-16-8-7-15-39(41)28-46-43(50)17-9-10-18-44(51)47-52/h1-8,11-16,19-26,40,42,45,49,52H,9-10,17-18,27-32H2,(H,46,50)(H,47,51)/t40-,42+,45+/m1/s1. The van der Waals surface area contributed by atoms with Crippen LogP contribution >= 0.6 is 0 Å². The van der Waals surface area contributed by atoms with E-state index in [9.17, 15) is 14.7 Å². The van der Waals surface area contributed by atoms with Crippen molar-refractivity contribution < 1.29 is 29.4 Å². The zero-order valence-corrected chi connectivity index (χ0v) is 30.5. The first-order chi connectivity index (χ1) is 26.5. The molecule has 9 heteroatoms. The Bertz CT molecular complexity index is 1860.